The van der Waals surface area contributed by atoms with Crippen molar-refractivity contribution in [2.75, 3.05) is 33.4 Å². The number of morpholine rings is 1. The summed E-state index contributed by atoms with van der Waals surface area (Å²) in [4.78, 5) is 2.26. The lowest BCUT2D eigenvalue weighted by atomic mass is 10.1. The van der Waals surface area contributed by atoms with Crippen LogP contribution in [0.5, 0.6) is 5.75 Å². The normalized spacial score (nSPS) is 22.7. The average Bonchev–Trinajstić information content (AvgIpc) is 2.37. The Balaban J connectivity index is 1.87. The van der Waals surface area contributed by atoms with E-state index in [4.69, 9.17) is 15.2 Å². The van der Waals surface area contributed by atoms with E-state index in [9.17, 15) is 0 Å². The Bertz CT molecular complexity index is 382. The molecule has 2 rings (SSSR count). The molecule has 4 nitrogen and oxygen atoms in total. The Labute approximate surface area is 109 Å². The van der Waals surface area contributed by atoms with Crippen molar-refractivity contribution in [2.24, 2.45) is 5.73 Å². The van der Waals surface area contributed by atoms with Crippen molar-refractivity contribution in [1.29, 1.82) is 0 Å². The lowest BCUT2D eigenvalue weighted by Gasteiger charge is -2.29. The van der Waals surface area contributed by atoms with Crippen molar-refractivity contribution in [1.82, 2.24) is 4.90 Å². The molecular formula is C14H22N2O2. The molecule has 1 aliphatic heterocycles. The monoisotopic (exact) mass is 250 g/mol. The fraction of sp³-hybridized carbons (Fsp3) is 0.571. The Hall–Kier alpha value is -1.10. The zero-order chi connectivity index (χ0) is 13.0. The molecule has 1 aromatic rings. The van der Waals surface area contributed by atoms with Crippen LogP contribution in [0.25, 0.3) is 0 Å². The second kappa shape index (κ2) is 6.18. The van der Waals surface area contributed by atoms with Crippen LogP contribution in [-0.2, 0) is 4.74 Å². The van der Waals surface area contributed by atoms with Gasteiger partial charge in [-0.25, -0.2) is 0 Å². The molecule has 0 saturated carbocycles. The summed E-state index contributed by atoms with van der Waals surface area (Å²) in [5.74, 6) is 0.863. The van der Waals surface area contributed by atoms with Crippen LogP contribution in [0.1, 0.15) is 18.5 Å². The maximum absolute atomic E-state index is 5.85. The highest BCUT2D eigenvalue weighted by atomic mass is 16.5. The van der Waals surface area contributed by atoms with Gasteiger partial charge >= 0.3 is 0 Å². The highest BCUT2D eigenvalue weighted by Crippen LogP contribution is 2.18. The van der Waals surface area contributed by atoms with Crippen LogP contribution in [-0.4, -0.2) is 44.4 Å². The van der Waals surface area contributed by atoms with Gasteiger partial charge in [0.25, 0.3) is 0 Å². The van der Waals surface area contributed by atoms with Crippen LogP contribution in [0, 0.1) is 0 Å². The second-order valence-corrected chi connectivity index (χ2v) is 4.93. The maximum atomic E-state index is 5.85. The van der Waals surface area contributed by atoms with E-state index in [1.807, 2.05) is 31.2 Å². The van der Waals surface area contributed by atoms with Gasteiger partial charge in [0.15, 0.2) is 0 Å². The van der Waals surface area contributed by atoms with E-state index >= 15 is 0 Å². The Kier molecular flexibility index (Phi) is 4.58. The standard InChI is InChI=1S/C14H22N2O2/c1-11(15)12-4-3-5-13(8-12)18-10-14-9-16(2)6-7-17-14/h3-5,8,11,14H,6-7,9-10,15H2,1-2H3/t11-,14?/m1/s1. The molecule has 0 aliphatic carbocycles. The zero-order valence-corrected chi connectivity index (χ0v) is 11.1. The first-order valence-corrected chi connectivity index (χ1v) is 6.43. The van der Waals surface area contributed by atoms with Gasteiger partial charge in [0.1, 0.15) is 18.5 Å². The van der Waals surface area contributed by atoms with Gasteiger partial charge in [0.05, 0.1) is 6.61 Å². The van der Waals surface area contributed by atoms with Gasteiger partial charge in [0, 0.05) is 19.1 Å². The molecule has 2 N–H and O–H groups in total. The van der Waals surface area contributed by atoms with Crippen LogP contribution in [0.2, 0.25) is 0 Å². The molecule has 1 saturated heterocycles. The number of nitrogens with zero attached hydrogens (tertiary/aromatic N) is 1. The van der Waals surface area contributed by atoms with Crippen LogP contribution in [0.15, 0.2) is 24.3 Å². The Morgan fingerprint density at radius 2 is 2.39 bits per heavy atom. The van der Waals surface area contributed by atoms with Gasteiger partial charge in [-0.3, -0.25) is 0 Å². The first-order chi connectivity index (χ1) is 8.65. The molecule has 18 heavy (non-hydrogen) atoms. The van der Waals surface area contributed by atoms with Crippen molar-refractivity contribution in [3.63, 3.8) is 0 Å². The predicted octanol–water partition coefficient (Wildman–Crippen LogP) is 1.42. The van der Waals surface area contributed by atoms with Crippen LogP contribution in [0.4, 0.5) is 0 Å². The van der Waals surface area contributed by atoms with Gasteiger partial charge in [-0.1, -0.05) is 12.1 Å². The number of hydrogen-bond acceptors (Lipinski definition) is 4. The summed E-state index contributed by atoms with van der Waals surface area (Å²) in [5.41, 5.74) is 6.94. The molecule has 1 aliphatic rings. The fourth-order valence-electron chi connectivity index (χ4n) is 2.04. The molecule has 0 aromatic heterocycles. The molecule has 1 aromatic carbocycles. The largest absolute Gasteiger partial charge is 0.491 e. The van der Waals surface area contributed by atoms with E-state index in [-0.39, 0.29) is 12.1 Å². The van der Waals surface area contributed by atoms with E-state index in [0.717, 1.165) is 31.0 Å². The van der Waals surface area contributed by atoms with Gasteiger partial charge < -0.3 is 20.1 Å². The summed E-state index contributed by atoms with van der Waals surface area (Å²) in [6, 6.07) is 7.98. The summed E-state index contributed by atoms with van der Waals surface area (Å²) in [6.07, 6.45) is 0.155. The molecule has 100 valence electrons. The molecule has 1 unspecified atom stereocenters. The molecule has 2 atom stereocenters. The molecule has 1 heterocycles. The molecule has 1 fully saturated rings. The van der Waals surface area contributed by atoms with Gasteiger partial charge in [-0.05, 0) is 31.7 Å². The number of ether oxygens (including phenoxy) is 2. The van der Waals surface area contributed by atoms with Gasteiger partial charge in [-0.15, -0.1) is 0 Å². The van der Waals surface area contributed by atoms with E-state index in [1.54, 1.807) is 0 Å². The highest BCUT2D eigenvalue weighted by molar-refractivity contribution is 5.30. The minimum atomic E-state index is 0.0330. The van der Waals surface area contributed by atoms with Gasteiger partial charge in [-0.2, -0.15) is 0 Å². The molecule has 0 amide bonds. The molecule has 0 spiro atoms. The summed E-state index contributed by atoms with van der Waals surface area (Å²) < 4.78 is 11.4. The second-order valence-electron chi connectivity index (χ2n) is 4.93. The van der Waals surface area contributed by atoms with Crippen LogP contribution in [0.3, 0.4) is 0 Å². The quantitative estimate of drug-likeness (QED) is 0.878. The first kappa shape index (κ1) is 13.3. The van der Waals surface area contributed by atoms with E-state index in [2.05, 4.69) is 11.9 Å². The van der Waals surface area contributed by atoms with Crippen molar-refractivity contribution in [3.05, 3.63) is 29.8 Å². The summed E-state index contributed by atoms with van der Waals surface area (Å²) in [7, 11) is 2.10. The zero-order valence-electron chi connectivity index (χ0n) is 11.1. The Morgan fingerprint density at radius 1 is 1.56 bits per heavy atom. The number of likely N-dealkylation sites (N-methyl/N-ethyl adjacent to an activating group) is 1. The highest BCUT2D eigenvalue weighted by Gasteiger charge is 2.18. The molecule has 0 bridgehead atoms. The van der Waals surface area contributed by atoms with E-state index in [0.29, 0.717) is 6.61 Å². The lowest BCUT2D eigenvalue weighted by Crippen LogP contribution is -2.42. The first-order valence-electron chi connectivity index (χ1n) is 6.43. The fourth-order valence-corrected chi connectivity index (χ4v) is 2.04. The lowest BCUT2D eigenvalue weighted by molar-refractivity contribution is -0.0403. The predicted molar refractivity (Wildman–Crippen MR) is 71.8 cm³/mol. The third kappa shape index (κ3) is 3.70. The van der Waals surface area contributed by atoms with Crippen molar-refractivity contribution in [3.8, 4) is 5.75 Å². The number of rotatable bonds is 4. The van der Waals surface area contributed by atoms with Crippen LogP contribution >= 0.6 is 0 Å². The summed E-state index contributed by atoms with van der Waals surface area (Å²) >= 11 is 0. The summed E-state index contributed by atoms with van der Waals surface area (Å²) in [5, 5.41) is 0. The minimum absolute atomic E-state index is 0.0330. The number of nitrogens with two attached hydrogens (primary N) is 1. The number of benzene rings is 1. The minimum Gasteiger partial charge on any atom is -0.491 e. The SMILES string of the molecule is C[C@@H](N)c1cccc(OCC2CN(C)CCO2)c1. The smallest absolute Gasteiger partial charge is 0.119 e. The van der Waals surface area contributed by atoms with Crippen molar-refractivity contribution >= 4 is 0 Å². The van der Waals surface area contributed by atoms with Gasteiger partial charge in [0.2, 0.25) is 0 Å². The topological polar surface area (TPSA) is 47.7 Å². The number of hydrogen-bond donors (Lipinski definition) is 1. The van der Waals surface area contributed by atoms with Crippen molar-refractivity contribution in [2.45, 2.75) is 19.1 Å². The molecule has 4 heteroatoms. The van der Waals surface area contributed by atoms with Crippen LogP contribution < -0.4 is 10.5 Å². The molecule has 0 radical (unpaired) electrons. The third-order valence-electron chi connectivity index (χ3n) is 3.16. The van der Waals surface area contributed by atoms with E-state index in [1.165, 1.54) is 0 Å². The van der Waals surface area contributed by atoms with E-state index < -0.39 is 0 Å². The molecular weight excluding hydrogens is 228 g/mol. The maximum Gasteiger partial charge on any atom is 0.119 e. The average molecular weight is 250 g/mol. The summed E-state index contributed by atoms with van der Waals surface area (Å²) in [6.45, 7) is 5.26. The third-order valence-corrected chi connectivity index (χ3v) is 3.16. The van der Waals surface area contributed by atoms with Crippen molar-refractivity contribution < 1.29 is 9.47 Å². The Morgan fingerprint density at radius 3 is 3.11 bits per heavy atom.